The zero-order chi connectivity index (χ0) is 24.6. The minimum Gasteiger partial charge on any atom is -0.497 e. The van der Waals surface area contributed by atoms with E-state index in [9.17, 15) is 9.59 Å². The lowest BCUT2D eigenvalue weighted by atomic mass is 9.68. The van der Waals surface area contributed by atoms with Gasteiger partial charge in [0, 0.05) is 40.2 Å². The second kappa shape index (κ2) is 8.97. The maximum Gasteiger partial charge on any atom is 0.255 e. The van der Waals surface area contributed by atoms with E-state index < -0.39 is 5.92 Å². The molecule has 1 unspecified atom stereocenters. The molecule has 0 spiro atoms. The summed E-state index contributed by atoms with van der Waals surface area (Å²) in [6.45, 7) is 7.91. The summed E-state index contributed by atoms with van der Waals surface area (Å²) in [6, 6.07) is 10.9. The average molecular weight is 462 g/mol. The molecule has 1 amide bonds. The van der Waals surface area contributed by atoms with Crippen molar-refractivity contribution < 1.29 is 19.1 Å². The molecule has 1 aromatic carbocycles. The molecule has 1 atom stereocenters. The number of methoxy groups -OCH3 is 2. The number of ether oxygens (including phenoxy) is 2. The van der Waals surface area contributed by atoms with Gasteiger partial charge in [0.1, 0.15) is 17.3 Å². The molecule has 34 heavy (non-hydrogen) atoms. The van der Waals surface area contributed by atoms with E-state index in [1.54, 1.807) is 32.4 Å². The molecule has 2 aromatic rings. The third-order valence-corrected chi connectivity index (χ3v) is 6.36. The van der Waals surface area contributed by atoms with Gasteiger partial charge in [0.25, 0.3) is 5.91 Å². The standard InChI is InChI=1S/C27H31N3O4/c1-15-8-7-9-22(28-15)30-26(32)23-16(2)29-19-13-27(3,4)14-20(31)25(19)24(23)18-12-17(33-5)10-11-21(18)34-6/h7-12,24,29H,13-14H2,1-6H3,(H,28,30,32). The van der Waals surface area contributed by atoms with Gasteiger partial charge in [-0.25, -0.2) is 4.98 Å². The summed E-state index contributed by atoms with van der Waals surface area (Å²) in [5.74, 6) is 0.774. The molecule has 2 N–H and O–H groups in total. The predicted molar refractivity (Wildman–Crippen MR) is 131 cm³/mol. The molecule has 0 bridgehead atoms. The van der Waals surface area contributed by atoms with Gasteiger partial charge in [0.05, 0.1) is 20.1 Å². The number of dihydropyridines is 1. The fourth-order valence-electron chi connectivity index (χ4n) is 4.91. The molecule has 178 valence electrons. The van der Waals surface area contributed by atoms with Crippen LogP contribution in [-0.2, 0) is 9.59 Å². The van der Waals surface area contributed by atoms with Crippen LogP contribution in [0.15, 0.2) is 58.9 Å². The first kappa shape index (κ1) is 23.5. The number of hydrogen-bond acceptors (Lipinski definition) is 6. The van der Waals surface area contributed by atoms with Crippen molar-refractivity contribution in [2.45, 2.75) is 46.5 Å². The minimum atomic E-state index is -0.602. The van der Waals surface area contributed by atoms with Crippen molar-refractivity contribution in [3.05, 3.63) is 70.2 Å². The summed E-state index contributed by atoms with van der Waals surface area (Å²) in [4.78, 5) is 31.6. The molecule has 7 heteroatoms. The second-order valence-electron chi connectivity index (χ2n) is 9.66. The van der Waals surface area contributed by atoms with Gasteiger partial charge in [-0.05, 0) is 56.0 Å². The normalized spacial score (nSPS) is 19.4. The lowest BCUT2D eigenvalue weighted by Gasteiger charge is -2.40. The Morgan fingerprint density at radius 1 is 1.12 bits per heavy atom. The molecule has 2 heterocycles. The number of hydrogen-bond donors (Lipinski definition) is 2. The number of allylic oxidation sites excluding steroid dienone is 3. The van der Waals surface area contributed by atoms with E-state index in [0.29, 0.717) is 52.6 Å². The number of nitrogens with one attached hydrogen (secondary N) is 2. The van der Waals surface area contributed by atoms with E-state index in [2.05, 4.69) is 29.5 Å². The number of carbonyl (C=O) groups is 2. The number of Topliss-reactive ketones (excluding diaryl/α,β-unsaturated/α-hetero) is 1. The highest BCUT2D eigenvalue weighted by Gasteiger charge is 2.43. The molecule has 0 radical (unpaired) electrons. The smallest absolute Gasteiger partial charge is 0.255 e. The van der Waals surface area contributed by atoms with E-state index in [0.717, 1.165) is 11.4 Å². The van der Waals surface area contributed by atoms with E-state index in [1.807, 2.05) is 32.0 Å². The Labute approximate surface area is 200 Å². The van der Waals surface area contributed by atoms with Crippen molar-refractivity contribution in [3.8, 4) is 11.5 Å². The van der Waals surface area contributed by atoms with Crippen molar-refractivity contribution in [3.63, 3.8) is 0 Å². The average Bonchev–Trinajstić information content (AvgIpc) is 2.76. The number of pyridine rings is 1. The van der Waals surface area contributed by atoms with Gasteiger partial charge in [0.15, 0.2) is 5.78 Å². The molecule has 1 aliphatic carbocycles. The summed E-state index contributed by atoms with van der Waals surface area (Å²) >= 11 is 0. The van der Waals surface area contributed by atoms with Gasteiger partial charge in [-0.2, -0.15) is 0 Å². The van der Waals surface area contributed by atoms with Gasteiger partial charge in [-0.1, -0.05) is 19.9 Å². The molecule has 0 saturated heterocycles. The second-order valence-corrected chi connectivity index (χ2v) is 9.66. The predicted octanol–water partition coefficient (Wildman–Crippen LogP) is 4.65. The summed E-state index contributed by atoms with van der Waals surface area (Å²) in [6.07, 6.45) is 1.12. The molecule has 1 aromatic heterocycles. The highest BCUT2D eigenvalue weighted by Crippen LogP contribution is 2.49. The van der Waals surface area contributed by atoms with Crippen molar-refractivity contribution in [2.24, 2.45) is 5.41 Å². The lowest BCUT2D eigenvalue weighted by Crippen LogP contribution is -2.39. The number of amides is 1. The summed E-state index contributed by atoms with van der Waals surface area (Å²) in [7, 11) is 3.17. The molecule has 1 aliphatic heterocycles. The zero-order valence-electron chi connectivity index (χ0n) is 20.5. The number of anilines is 1. The van der Waals surface area contributed by atoms with Crippen LogP contribution in [0.5, 0.6) is 11.5 Å². The van der Waals surface area contributed by atoms with Gasteiger partial charge in [-0.15, -0.1) is 0 Å². The number of nitrogens with zero attached hydrogens (tertiary/aromatic N) is 1. The van der Waals surface area contributed by atoms with Gasteiger partial charge in [-0.3, -0.25) is 9.59 Å². The third kappa shape index (κ3) is 4.42. The van der Waals surface area contributed by atoms with Crippen LogP contribution in [0.25, 0.3) is 0 Å². The van der Waals surface area contributed by atoms with E-state index in [-0.39, 0.29) is 17.1 Å². The van der Waals surface area contributed by atoms with E-state index in [1.165, 1.54) is 0 Å². The number of carbonyl (C=O) groups excluding carboxylic acids is 2. The molecular formula is C27H31N3O4. The Hall–Kier alpha value is -3.61. The first-order valence-corrected chi connectivity index (χ1v) is 11.3. The Kier molecular flexibility index (Phi) is 6.21. The lowest BCUT2D eigenvalue weighted by molar-refractivity contribution is -0.118. The van der Waals surface area contributed by atoms with Crippen molar-refractivity contribution >= 4 is 17.5 Å². The topological polar surface area (TPSA) is 89.6 Å². The maximum atomic E-state index is 13.7. The van der Waals surface area contributed by atoms with Crippen LogP contribution < -0.4 is 20.1 Å². The Morgan fingerprint density at radius 2 is 1.88 bits per heavy atom. The van der Waals surface area contributed by atoms with Crippen LogP contribution in [0.1, 0.15) is 50.8 Å². The van der Waals surface area contributed by atoms with Crippen LogP contribution in [0.3, 0.4) is 0 Å². The minimum absolute atomic E-state index is 0.0279. The number of benzene rings is 1. The maximum absolute atomic E-state index is 13.7. The Bertz CT molecular complexity index is 1230. The van der Waals surface area contributed by atoms with E-state index >= 15 is 0 Å². The highest BCUT2D eigenvalue weighted by atomic mass is 16.5. The first-order valence-electron chi connectivity index (χ1n) is 11.3. The number of aryl methyl sites for hydroxylation is 1. The summed E-state index contributed by atoms with van der Waals surface area (Å²) in [5.41, 5.74) is 3.97. The third-order valence-electron chi connectivity index (χ3n) is 6.36. The number of aromatic nitrogens is 1. The van der Waals surface area contributed by atoms with Gasteiger partial charge >= 0.3 is 0 Å². The zero-order valence-corrected chi connectivity index (χ0v) is 20.5. The van der Waals surface area contributed by atoms with Gasteiger partial charge < -0.3 is 20.1 Å². The molecule has 2 aliphatic rings. The molecular weight excluding hydrogens is 430 g/mol. The van der Waals surface area contributed by atoms with Crippen LogP contribution >= 0.6 is 0 Å². The highest BCUT2D eigenvalue weighted by molar-refractivity contribution is 6.09. The van der Waals surface area contributed by atoms with Crippen molar-refractivity contribution in [1.82, 2.24) is 10.3 Å². The first-order chi connectivity index (χ1) is 16.1. The number of rotatable bonds is 5. The Balaban J connectivity index is 1.88. The molecule has 0 fully saturated rings. The fourth-order valence-corrected chi connectivity index (χ4v) is 4.91. The quantitative estimate of drug-likeness (QED) is 0.674. The Morgan fingerprint density at radius 3 is 2.56 bits per heavy atom. The van der Waals surface area contributed by atoms with E-state index in [4.69, 9.17) is 9.47 Å². The van der Waals surface area contributed by atoms with Crippen LogP contribution in [0.4, 0.5) is 5.82 Å². The van der Waals surface area contributed by atoms with Gasteiger partial charge in [0.2, 0.25) is 0 Å². The van der Waals surface area contributed by atoms with Crippen molar-refractivity contribution in [1.29, 1.82) is 0 Å². The van der Waals surface area contributed by atoms with Crippen LogP contribution in [-0.4, -0.2) is 30.9 Å². The SMILES string of the molecule is COc1ccc(OC)c(C2C(C(=O)Nc3cccc(C)n3)=C(C)NC3=C2C(=O)CC(C)(C)C3)c1. The fraction of sp³-hybridized carbons (Fsp3) is 0.370. The van der Waals surface area contributed by atoms with Crippen LogP contribution in [0.2, 0.25) is 0 Å². The molecule has 0 saturated carbocycles. The monoisotopic (exact) mass is 461 g/mol. The molecule has 4 rings (SSSR count). The molecule has 7 nitrogen and oxygen atoms in total. The van der Waals surface area contributed by atoms with Crippen LogP contribution in [0, 0.1) is 12.3 Å². The summed E-state index contributed by atoms with van der Waals surface area (Å²) in [5, 5.41) is 6.30. The largest absolute Gasteiger partial charge is 0.497 e. The number of ketones is 1. The summed E-state index contributed by atoms with van der Waals surface area (Å²) < 4.78 is 11.1. The van der Waals surface area contributed by atoms with Crippen molar-refractivity contribution in [2.75, 3.05) is 19.5 Å².